The smallest absolute Gasteiger partial charge is 0.303 e. The van der Waals surface area contributed by atoms with E-state index in [-0.39, 0.29) is 12.3 Å². The van der Waals surface area contributed by atoms with Gasteiger partial charge in [-0.2, -0.15) is 0 Å². The van der Waals surface area contributed by atoms with E-state index < -0.39 is 5.97 Å². The lowest BCUT2D eigenvalue weighted by molar-refractivity contribution is -0.137. The molecule has 0 saturated carbocycles. The molecule has 0 aromatic carbocycles. The average molecular weight is 281 g/mol. The van der Waals surface area contributed by atoms with Gasteiger partial charge in [0.1, 0.15) is 5.82 Å². The van der Waals surface area contributed by atoms with Gasteiger partial charge in [0, 0.05) is 32.8 Å². The molecule has 7 heteroatoms. The molecule has 0 aliphatic carbocycles. The molecule has 0 fully saturated rings. The number of pyridine rings is 1. The molecule has 0 radical (unpaired) electrons. The minimum atomic E-state index is -0.817. The van der Waals surface area contributed by atoms with E-state index in [1.165, 1.54) is 6.20 Å². The summed E-state index contributed by atoms with van der Waals surface area (Å²) in [5.41, 5.74) is 0.470. The topological polar surface area (TPSA) is 101 Å². The number of hydrogen-bond acceptors (Lipinski definition) is 5. The van der Waals surface area contributed by atoms with Crippen LogP contribution in [0.3, 0.4) is 0 Å². The number of methoxy groups -OCH3 is 1. The predicted molar refractivity (Wildman–Crippen MR) is 73.8 cm³/mol. The first kappa shape index (κ1) is 15.9. The molecule has 110 valence electrons. The Labute approximate surface area is 117 Å². The van der Waals surface area contributed by atoms with Gasteiger partial charge in [0.15, 0.2) is 0 Å². The molecule has 0 aliphatic heterocycles. The summed E-state index contributed by atoms with van der Waals surface area (Å²) < 4.78 is 4.84. The van der Waals surface area contributed by atoms with E-state index in [2.05, 4.69) is 15.6 Å². The Morgan fingerprint density at radius 2 is 2.15 bits per heavy atom. The number of carboxylic acid groups (broad SMARTS) is 1. The zero-order valence-corrected chi connectivity index (χ0v) is 11.4. The standard InChI is InChI=1S/C13H19N3O4/c1-20-8-7-15-13(19)10-4-5-11(16-9-10)14-6-2-3-12(17)18/h4-5,9H,2-3,6-8H2,1H3,(H,14,16)(H,15,19)(H,17,18). The molecule has 1 aromatic heterocycles. The Morgan fingerprint density at radius 3 is 2.75 bits per heavy atom. The van der Waals surface area contributed by atoms with Gasteiger partial charge in [-0.15, -0.1) is 0 Å². The maximum Gasteiger partial charge on any atom is 0.303 e. The predicted octanol–water partition coefficient (Wildman–Crippen LogP) is 0.734. The molecule has 1 heterocycles. The number of amides is 1. The van der Waals surface area contributed by atoms with E-state index in [9.17, 15) is 9.59 Å². The summed E-state index contributed by atoms with van der Waals surface area (Å²) in [6.45, 7) is 1.44. The number of rotatable bonds is 9. The highest BCUT2D eigenvalue weighted by molar-refractivity contribution is 5.94. The normalized spacial score (nSPS) is 10.1. The number of anilines is 1. The molecular formula is C13H19N3O4. The first-order chi connectivity index (χ1) is 9.63. The number of nitrogens with one attached hydrogen (secondary N) is 2. The molecule has 0 spiro atoms. The zero-order valence-electron chi connectivity index (χ0n) is 11.4. The van der Waals surface area contributed by atoms with Crippen molar-refractivity contribution in [3.63, 3.8) is 0 Å². The molecule has 1 aromatic rings. The van der Waals surface area contributed by atoms with E-state index >= 15 is 0 Å². The number of carbonyl (C=O) groups excluding carboxylic acids is 1. The van der Waals surface area contributed by atoms with Crippen molar-refractivity contribution in [2.24, 2.45) is 0 Å². The first-order valence-electron chi connectivity index (χ1n) is 6.32. The summed E-state index contributed by atoms with van der Waals surface area (Å²) in [6, 6.07) is 3.35. The summed E-state index contributed by atoms with van der Waals surface area (Å²) in [4.78, 5) is 26.1. The zero-order chi connectivity index (χ0) is 14.8. The molecule has 0 aliphatic rings. The molecule has 0 unspecified atom stereocenters. The number of carbonyl (C=O) groups is 2. The van der Waals surface area contributed by atoms with Crippen molar-refractivity contribution in [1.82, 2.24) is 10.3 Å². The van der Waals surface area contributed by atoms with Crippen LogP contribution < -0.4 is 10.6 Å². The highest BCUT2D eigenvalue weighted by Crippen LogP contribution is 2.05. The lowest BCUT2D eigenvalue weighted by Gasteiger charge is -2.06. The van der Waals surface area contributed by atoms with Crippen LogP contribution in [-0.2, 0) is 9.53 Å². The van der Waals surface area contributed by atoms with E-state index in [4.69, 9.17) is 9.84 Å². The monoisotopic (exact) mass is 281 g/mol. The molecule has 0 atom stereocenters. The third-order valence-electron chi connectivity index (χ3n) is 2.49. The van der Waals surface area contributed by atoms with Gasteiger partial charge in [0.2, 0.25) is 0 Å². The Morgan fingerprint density at radius 1 is 1.35 bits per heavy atom. The van der Waals surface area contributed by atoms with E-state index in [0.29, 0.717) is 37.5 Å². The van der Waals surface area contributed by atoms with Crippen LogP contribution in [0, 0.1) is 0 Å². The van der Waals surface area contributed by atoms with Crippen molar-refractivity contribution in [2.75, 3.05) is 32.1 Å². The van der Waals surface area contributed by atoms with Gasteiger partial charge in [-0.1, -0.05) is 0 Å². The lowest BCUT2D eigenvalue weighted by atomic mass is 10.2. The van der Waals surface area contributed by atoms with Crippen LogP contribution in [0.4, 0.5) is 5.82 Å². The van der Waals surface area contributed by atoms with Gasteiger partial charge in [-0.25, -0.2) is 4.98 Å². The molecular weight excluding hydrogens is 262 g/mol. The fraction of sp³-hybridized carbons (Fsp3) is 0.462. The van der Waals surface area contributed by atoms with Crippen LogP contribution in [0.15, 0.2) is 18.3 Å². The van der Waals surface area contributed by atoms with Crippen LogP contribution in [0.25, 0.3) is 0 Å². The van der Waals surface area contributed by atoms with E-state index in [0.717, 1.165) is 0 Å². The second-order valence-electron chi connectivity index (χ2n) is 4.10. The Bertz CT molecular complexity index is 434. The lowest BCUT2D eigenvalue weighted by Crippen LogP contribution is -2.27. The number of aliphatic carboxylic acids is 1. The van der Waals surface area contributed by atoms with Crippen molar-refractivity contribution in [1.29, 1.82) is 0 Å². The number of aromatic nitrogens is 1. The molecule has 0 bridgehead atoms. The van der Waals surface area contributed by atoms with Crippen LogP contribution in [-0.4, -0.2) is 48.8 Å². The fourth-order valence-corrected chi connectivity index (χ4v) is 1.46. The van der Waals surface area contributed by atoms with Gasteiger partial charge >= 0.3 is 5.97 Å². The third kappa shape index (κ3) is 6.14. The molecule has 1 rings (SSSR count). The SMILES string of the molecule is COCCNC(=O)c1ccc(NCCCC(=O)O)nc1. The van der Waals surface area contributed by atoms with Gasteiger partial charge < -0.3 is 20.5 Å². The molecule has 20 heavy (non-hydrogen) atoms. The third-order valence-corrected chi connectivity index (χ3v) is 2.49. The number of carboxylic acids is 1. The summed E-state index contributed by atoms with van der Waals surface area (Å²) >= 11 is 0. The highest BCUT2D eigenvalue weighted by atomic mass is 16.5. The minimum Gasteiger partial charge on any atom is -0.481 e. The van der Waals surface area contributed by atoms with Gasteiger partial charge in [0.05, 0.1) is 12.2 Å². The van der Waals surface area contributed by atoms with Crippen molar-refractivity contribution in [2.45, 2.75) is 12.8 Å². The van der Waals surface area contributed by atoms with Crippen molar-refractivity contribution < 1.29 is 19.4 Å². The maximum atomic E-state index is 11.7. The van der Waals surface area contributed by atoms with Crippen LogP contribution in [0.5, 0.6) is 0 Å². The summed E-state index contributed by atoms with van der Waals surface area (Å²) in [7, 11) is 1.57. The molecule has 0 saturated heterocycles. The quantitative estimate of drug-likeness (QED) is 0.577. The Kier molecular flexibility index (Phi) is 7.05. The van der Waals surface area contributed by atoms with E-state index in [1.54, 1.807) is 19.2 Å². The van der Waals surface area contributed by atoms with Crippen molar-refractivity contribution >= 4 is 17.7 Å². The Hall–Kier alpha value is -2.15. The summed E-state index contributed by atoms with van der Waals surface area (Å²) in [5, 5.41) is 14.2. The van der Waals surface area contributed by atoms with Gasteiger partial charge in [-0.3, -0.25) is 9.59 Å². The molecule has 1 amide bonds. The fourth-order valence-electron chi connectivity index (χ4n) is 1.46. The van der Waals surface area contributed by atoms with E-state index in [1.807, 2.05) is 0 Å². The van der Waals surface area contributed by atoms with Gasteiger partial charge in [-0.05, 0) is 18.6 Å². The number of nitrogens with zero attached hydrogens (tertiary/aromatic N) is 1. The second kappa shape index (κ2) is 8.87. The van der Waals surface area contributed by atoms with Gasteiger partial charge in [0.25, 0.3) is 5.91 Å². The number of ether oxygens (including phenoxy) is 1. The molecule has 7 nitrogen and oxygen atoms in total. The minimum absolute atomic E-state index is 0.118. The van der Waals surface area contributed by atoms with Crippen molar-refractivity contribution in [3.05, 3.63) is 23.9 Å². The van der Waals surface area contributed by atoms with Crippen LogP contribution in [0.2, 0.25) is 0 Å². The maximum absolute atomic E-state index is 11.7. The molecule has 3 N–H and O–H groups in total. The second-order valence-corrected chi connectivity index (χ2v) is 4.10. The number of hydrogen-bond donors (Lipinski definition) is 3. The van der Waals surface area contributed by atoms with Crippen LogP contribution >= 0.6 is 0 Å². The Balaban J connectivity index is 2.35. The first-order valence-corrected chi connectivity index (χ1v) is 6.32. The highest BCUT2D eigenvalue weighted by Gasteiger charge is 2.05. The average Bonchev–Trinajstić information content (AvgIpc) is 2.44. The largest absolute Gasteiger partial charge is 0.481 e. The summed E-state index contributed by atoms with van der Waals surface area (Å²) in [6.07, 6.45) is 2.12. The van der Waals surface area contributed by atoms with Crippen molar-refractivity contribution in [3.8, 4) is 0 Å². The summed E-state index contributed by atoms with van der Waals surface area (Å²) in [5.74, 6) is -0.404. The van der Waals surface area contributed by atoms with Crippen LogP contribution in [0.1, 0.15) is 23.2 Å².